The Hall–Kier alpha value is -1.40. The molecule has 0 heterocycles. The highest BCUT2D eigenvalue weighted by Gasteiger charge is 2.18. The summed E-state index contributed by atoms with van der Waals surface area (Å²) in [6.45, 7) is 2.70. The van der Waals surface area contributed by atoms with Gasteiger partial charge in [-0.05, 0) is 24.0 Å². The van der Waals surface area contributed by atoms with Gasteiger partial charge in [0.25, 0.3) is 0 Å². The molecular formula is C15H24N2O3S. The number of rotatable bonds is 7. The maximum atomic E-state index is 12.1. The molecule has 1 unspecified atom stereocenters. The van der Waals surface area contributed by atoms with Crippen molar-refractivity contribution < 1.29 is 14.3 Å². The largest absolute Gasteiger partial charge is 0.493 e. The highest BCUT2D eigenvalue weighted by atomic mass is 32.2. The predicted molar refractivity (Wildman–Crippen MR) is 86.0 cm³/mol. The molecule has 1 aromatic rings. The molecule has 0 spiro atoms. The Morgan fingerprint density at radius 3 is 2.38 bits per heavy atom. The van der Waals surface area contributed by atoms with E-state index in [-0.39, 0.29) is 11.8 Å². The van der Waals surface area contributed by atoms with Crippen LogP contribution in [-0.2, 0) is 11.3 Å². The van der Waals surface area contributed by atoms with Crippen molar-refractivity contribution >= 4 is 17.7 Å². The first-order valence-electron chi connectivity index (χ1n) is 6.72. The lowest BCUT2D eigenvalue weighted by Crippen LogP contribution is -2.34. The Balaban J connectivity index is 3.04. The van der Waals surface area contributed by atoms with Gasteiger partial charge in [0, 0.05) is 31.0 Å². The number of thioether (sulfide) groups is 1. The molecule has 0 aromatic heterocycles. The van der Waals surface area contributed by atoms with Gasteiger partial charge >= 0.3 is 0 Å². The van der Waals surface area contributed by atoms with Gasteiger partial charge in [0.05, 0.1) is 14.2 Å². The highest BCUT2D eigenvalue weighted by Crippen LogP contribution is 2.35. The van der Waals surface area contributed by atoms with Gasteiger partial charge in [-0.15, -0.1) is 11.8 Å². The van der Waals surface area contributed by atoms with Gasteiger partial charge in [-0.3, -0.25) is 4.79 Å². The van der Waals surface area contributed by atoms with E-state index in [2.05, 4.69) is 0 Å². The van der Waals surface area contributed by atoms with Crippen molar-refractivity contribution in [2.24, 2.45) is 11.7 Å². The first kappa shape index (κ1) is 17.7. The Labute approximate surface area is 130 Å². The molecule has 21 heavy (non-hydrogen) atoms. The molecule has 118 valence electrons. The first-order chi connectivity index (χ1) is 9.98. The van der Waals surface area contributed by atoms with E-state index in [9.17, 15) is 4.79 Å². The van der Waals surface area contributed by atoms with Crippen molar-refractivity contribution in [2.75, 3.05) is 34.1 Å². The number of nitrogens with two attached hydrogens (primary N) is 1. The van der Waals surface area contributed by atoms with Crippen molar-refractivity contribution in [3.8, 4) is 11.5 Å². The van der Waals surface area contributed by atoms with E-state index in [0.717, 1.165) is 10.5 Å². The van der Waals surface area contributed by atoms with Crippen LogP contribution in [0.15, 0.2) is 17.0 Å². The number of ether oxygens (including phenoxy) is 2. The Bertz CT molecular complexity index is 494. The fourth-order valence-electron chi connectivity index (χ4n) is 2.03. The minimum Gasteiger partial charge on any atom is -0.493 e. The molecule has 1 atom stereocenters. The van der Waals surface area contributed by atoms with Gasteiger partial charge < -0.3 is 20.1 Å². The molecular weight excluding hydrogens is 288 g/mol. The lowest BCUT2D eigenvalue weighted by atomic mass is 10.1. The number of nitrogens with zero attached hydrogens (tertiary/aromatic N) is 1. The van der Waals surface area contributed by atoms with E-state index in [1.807, 2.05) is 25.3 Å². The molecule has 0 bridgehead atoms. The smallest absolute Gasteiger partial charge is 0.226 e. The average molecular weight is 312 g/mol. The predicted octanol–water partition coefficient (Wildman–Crippen LogP) is 1.98. The van der Waals surface area contributed by atoms with Crippen LogP contribution in [0.25, 0.3) is 0 Å². The molecule has 0 saturated carbocycles. The molecule has 0 saturated heterocycles. The van der Waals surface area contributed by atoms with Crippen molar-refractivity contribution in [2.45, 2.75) is 18.4 Å². The SMILES string of the molecule is COc1cc(CN(C)C(=O)C(C)CN)c(SC)cc1OC. The molecule has 1 amide bonds. The number of methoxy groups -OCH3 is 2. The number of carbonyl (C=O) groups is 1. The van der Waals surface area contributed by atoms with Crippen LogP contribution in [-0.4, -0.2) is 44.9 Å². The number of hydrogen-bond donors (Lipinski definition) is 1. The van der Waals surface area contributed by atoms with Crippen LogP contribution in [0.1, 0.15) is 12.5 Å². The Morgan fingerprint density at radius 2 is 1.90 bits per heavy atom. The fourth-order valence-corrected chi connectivity index (χ4v) is 2.64. The molecule has 2 N–H and O–H groups in total. The summed E-state index contributed by atoms with van der Waals surface area (Å²) in [6.07, 6.45) is 2.00. The summed E-state index contributed by atoms with van der Waals surface area (Å²) in [5, 5.41) is 0. The number of hydrogen-bond acceptors (Lipinski definition) is 5. The minimum atomic E-state index is -0.173. The number of carbonyl (C=O) groups excluding carboxylic acids is 1. The second kappa shape index (κ2) is 8.14. The Morgan fingerprint density at radius 1 is 1.33 bits per heavy atom. The van der Waals surface area contributed by atoms with Crippen molar-refractivity contribution in [1.29, 1.82) is 0 Å². The lowest BCUT2D eigenvalue weighted by molar-refractivity contribution is -0.133. The van der Waals surface area contributed by atoms with Crippen LogP contribution in [0.2, 0.25) is 0 Å². The third-order valence-electron chi connectivity index (χ3n) is 3.35. The average Bonchev–Trinajstić information content (AvgIpc) is 2.52. The first-order valence-corrected chi connectivity index (χ1v) is 7.94. The van der Waals surface area contributed by atoms with Crippen LogP contribution in [0.5, 0.6) is 11.5 Å². The van der Waals surface area contributed by atoms with Crippen LogP contribution in [0, 0.1) is 5.92 Å². The second-order valence-corrected chi connectivity index (χ2v) is 5.70. The molecule has 0 aliphatic heterocycles. The standard InChI is InChI=1S/C15H24N2O3S/c1-10(8-16)15(18)17(2)9-11-6-12(19-3)13(20-4)7-14(11)21-5/h6-7,10H,8-9,16H2,1-5H3. The summed E-state index contributed by atoms with van der Waals surface area (Å²) in [5.74, 6) is 1.22. The number of amides is 1. The van der Waals surface area contributed by atoms with Crippen LogP contribution < -0.4 is 15.2 Å². The summed E-state index contributed by atoms with van der Waals surface area (Å²) in [5.41, 5.74) is 6.58. The van der Waals surface area contributed by atoms with E-state index in [1.54, 1.807) is 37.9 Å². The summed E-state index contributed by atoms with van der Waals surface area (Å²) in [6, 6.07) is 3.85. The summed E-state index contributed by atoms with van der Waals surface area (Å²) >= 11 is 1.61. The van der Waals surface area contributed by atoms with Crippen LogP contribution in [0.3, 0.4) is 0 Å². The van der Waals surface area contributed by atoms with E-state index in [4.69, 9.17) is 15.2 Å². The molecule has 5 nitrogen and oxygen atoms in total. The molecule has 0 aliphatic rings. The zero-order valence-electron chi connectivity index (χ0n) is 13.3. The van der Waals surface area contributed by atoms with Crippen molar-refractivity contribution in [1.82, 2.24) is 4.90 Å². The fraction of sp³-hybridized carbons (Fsp3) is 0.533. The van der Waals surface area contributed by atoms with Gasteiger partial charge in [0.15, 0.2) is 11.5 Å². The van der Waals surface area contributed by atoms with Crippen LogP contribution in [0.4, 0.5) is 0 Å². The van der Waals surface area contributed by atoms with E-state index < -0.39 is 0 Å². The minimum absolute atomic E-state index is 0.0411. The summed E-state index contributed by atoms with van der Waals surface area (Å²) in [4.78, 5) is 14.9. The van der Waals surface area contributed by atoms with Gasteiger partial charge in [-0.1, -0.05) is 6.92 Å². The molecule has 1 rings (SSSR count). The van der Waals surface area contributed by atoms with E-state index >= 15 is 0 Å². The monoisotopic (exact) mass is 312 g/mol. The third kappa shape index (κ3) is 4.28. The molecule has 0 fully saturated rings. The quantitative estimate of drug-likeness (QED) is 0.780. The Kier molecular flexibility index (Phi) is 6.84. The van der Waals surface area contributed by atoms with E-state index in [0.29, 0.717) is 24.6 Å². The van der Waals surface area contributed by atoms with Crippen molar-refractivity contribution in [3.05, 3.63) is 17.7 Å². The van der Waals surface area contributed by atoms with E-state index in [1.165, 1.54) is 0 Å². The molecule has 0 radical (unpaired) electrons. The molecule has 6 heteroatoms. The third-order valence-corrected chi connectivity index (χ3v) is 4.17. The maximum absolute atomic E-state index is 12.1. The van der Waals surface area contributed by atoms with Crippen LogP contribution >= 0.6 is 11.8 Å². The normalized spacial score (nSPS) is 11.9. The zero-order chi connectivity index (χ0) is 16.0. The van der Waals surface area contributed by atoms with Gasteiger partial charge in [0.2, 0.25) is 5.91 Å². The highest BCUT2D eigenvalue weighted by molar-refractivity contribution is 7.98. The van der Waals surface area contributed by atoms with Gasteiger partial charge in [-0.2, -0.15) is 0 Å². The van der Waals surface area contributed by atoms with Gasteiger partial charge in [-0.25, -0.2) is 0 Å². The topological polar surface area (TPSA) is 64.8 Å². The molecule has 1 aromatic carbocycles. The number of benzene rings is 1. The van der Waals surface area contributed by atoms with Gasteiger partial charge in [0.1, 0.15) is 0 Å². The molecule has 0 aliphatic carbocycles. The second-order valence-electron chi connectivity index (χ2n) is 4.85. The maximum Gasteiger partial charge on any atom is 0.226 e. The zero-order valence-corrected chi connectivity index (χ0v) is 14.1. The summed E-state index contributed by atoms with van der Waals surface area (Å²) < 4.78 is 10.6. The van der Waals surface area contributed by atoms with Crippen molar-refractivity contribution in [3.63, 3.8) is 0 Å². The lowest BCUT2D eigenvalue weighted by Gasteiger charge is -2.22. The summed E-state index contributed by atoms with van der Waals surface area (Å²) in [7, 11) is 5.00.